The Morgan fingerprint density at radius 2 is 1.50 bits per heavy atom. The first-order valence-corrected chi connectivity index (χ1v) is 11.4. The Hall–Kier alpha value is -2.98. The lowest BCUT2D eigenvalue weighted by atomic mass is 9.96. The number of ether oxygens (including phenoxy) is 1. The van der Waals surface area contributed by atoms with Gasteiger partial charge < -0.3 is 15.2 Å². The Labute approximate surface area is 197 Å². The van der Waals surface area contributed by atoms with Crippen molar-refractivity contribution in [3.05, 3.63) is 88.9 Å². The van der Waals surface area contributed by atoms with E-state index in [2.05, 4.69) is 24.4 Å². The Bertz CT molecular complexity index is 960. The fourth-order valence-corrected chi connectivity index (χ4v) is 3.05. The van der Waals surface area contributed by atoms with E-state index in [0.29, 0.717) is 16.5 Å². The van der Waals surface area contributed by atoms with E-state index in [1.807, 2.05) is 71.0 Å². The second-order valence-corrected chi connectivity index (χ2v) is 7.07. The molecule has 0 saturated carbocycles. The van der Waals surface area contributed by atoms with Crippen LogP contribution in [0.4, 0.5) is 5.69 Å². The number of carbonyl (C=O) groups excluding carboxylic acids is 1. The Morgan fingerprint density at radius 3 is 2.16 bits per heavy atom. The number of hydrogen-bond donors (Lipinski definition) is 2. The van der Waals surface area contributed by atoms with Gasteiger partial charge in [-0.2, -0.15) is 0 Å². The molecule has 32 heavy (non-hydrogen) atoms. The van der Waals surface area contributed by atoms with Gasteiger partial charge in [0, 0.05) is 10.9 Å². The minimum Gasteiger partial charge on any atom is -0.507 e. The van der Waals surface area contributed by atoms with E-state index in [4.69, 9.17) is 16.3 Å². The molecule has 3 aromatic carbocycles. The van der Waals surface area contributed by atoms with Crippen LogP contribution >= 0.6 is 11.6 Å². The predicted molar refractivity (Wildman–Crippen MR) is 135 cm³/mol. The van der Waals surface area contributed by atoms with Crippen molar-refractivity contribution in [1.82, 2.24) is 0 Å². The molecule has 3 rings (SSSR count). The van der Waals surface area contributed by atoms with Crippen molar-refractivity contribution in [1.29, 1.82) is 0 Å². The lowest BCUT2D eigenvalue weighted by Crippen LogP contribution is -2.21. The quantitative estimate of drug-likeness (QED) is 0.396. The van der Waals surface area contributed by atoms with Crippen molar-refractivity contribution in [2.45, 2.75) is 53.6 Å². The Morgan fingerprint density at radius 1 is 0.906 bits per heavy atom. The molecule has 0 heterocycles. The number of hydrogen-bond acceptors (Lipinski definition) is 3. The summed E-state index contributed by atoms with van der Waals surface area (Å²) in [5, 5.41) is 13.1. The van der Waals surface area contributed by atoms with Crippen LogP contribution in [0, 0.1) is 0 Å². The highest BCUT2D eigenvalue weighted by Gasteiger charge is 2.19. The fourth-order valence-electron chi connectivity index (χ4n) is 2.88. The molecule has 3 aromatic rings. The van der Waals surface area contributed by atoms with Crippen molar-refractivity contribution in [2.24, 2.45) is 0 Å². The summed E-state index contributed by atoms with van der Waals surface area (Å²) in [6.07, 6.45) is -0.111. The highest BCUT2D eigenvalue weighted by molar-refractivity contribution is 6.31. The molecular weight excluding hydrogens is 422 g/mol. The number of benzene rings is 3. The molecule has 2 unspecified atom stereocenters. The van der Waals surface area contributed by atoms with Crippen LogP contribution in [0.1, 0.15) is 63.4 Å². The topological polar surface area (TPSA) is 58.6 Å². The molecule has 0 bridgehead atoms. The molecule has 1 amide bonds. The van der Waals surface area contributed by atoms with Gasteiger partial charge in [0.15, 0.2) is 0 Å². The van der Waals surface area contributed by atoms with Gasteiger partial charge in [0.1, 0.15) is 17.6 Å². The smallest absolute Gasteiger partial charge is 0.259 e. The first-order valence-electron chi connectivity index (χ1n) is 11.1. The molecule has 0 aliphatic heterocycles. The van der Waals surface area contributed by atoms with Crippen LogP contribution in [0.15, 0.2) is 72.8 Å². The average molecular weight is 456 g/mol. The maximum Gasteiger partial charge on any atom is 0.259 e. The van der Waals surface area contributed by atoms with E-state index in [9.17, 15) is 9.90 Å². The number of nitrogens with one attached hydrogen (secondary N) is 1. The Balaban J connectivity index is 0.00000121. The van der Waals surface area contributed by atoms with Crippen molar-refractivity contribution in [2.75, 3.05) is 5.32 Å². The van der Waals surface area contributed by atoms with Gasteiger partial charge in [-0.25, -0.2) is 0 Å². The number of carbonyl (C=O) groups is 1. The van der Waals surface area contributed by atoms with Gasteiger partial charge in [0.2, 0.25) is 0 Å². The second-order valence-electron chi connectivity index (χ2n) is 6.63. The first-order chi connectivity index (χ1) is 15.5. The van der Waals surface area contributed by atoms with Crippen molar-refractivity contribution < 1.29 is 14.6 Å². The third-order valence-corrected chi connectivity index (χ3v) is 4.92. The summed E-state index contributed by atoms with van der Waals surface area (Å²) >= 11 is 5.94. The summed E-state index contributed by atoms with van der Waals surface area (Å²) in [5.41, 5.74) is 1.81. The van der Waals surface area contributed by atoms with Gasteiger partial charge >= 0.3 is 0 Å². The molecule has 0 aliphatic rings. The zero-order chi connectivity index (χ0) is 24.1. The molecule has 0 fully saturated rings. The van der Waals surface area contributed by atoms with Crippen LogP contribution in [0.25, 0.3) is 0 Å². The molecule has 4 nitrogen and oxygen atoms in total. The monoisotopic (exact) mass is 455 g/mol. The van der Waals surface area contributed by atoms with E-state index in [0.717, 1.165) is 0 Å². The molecule has 0 radical (unpaired) electrons. The summed E-state index contributed by atoms with van der Waals surface area (Å²) in [7, 11) is 0. The molecule has 2 N–H and O–H groups in total. The van der Waals surface area contributed by atoms with E-state index in [1.54, 1.807) is 6.07 Å². The third-order valence-electron chi connectivity index (χ3n) is 4.68. The van der Waals surface area contributed by atoms with Gasteiger partial charge in [0.05, 0.1) is 11.3 Å². The van der Waals surface area contributed by atoms with Gasteiger partial charge in [0.25, 0.3) is 5.91 Å². The molecule has 0 aliphatic carbocycles. The van der Waals surface area contributed by atoms with Crippen LogP contribution in [-0.4, -0.2) is 17.1 Å². The Kier molecular flexibility index (Phi) is 12.0. The van der Waals surface area contributed by atoms with Gasteiger partial charge in [-0.1, -0.05) is 88.7 Å². The number of phenolic OH excluding ortho intramolecular Hbond substituents is 1. The van der Waals surface area contributed by atoms with Gasteiger partial charge in [-0.3, -0.25) is 4.79 Å². The number of halogens is 1. The fraction of sp³-hybridized carbons (Fsp3) is 0.296. The second kappa shape index (κ2) is 14.2. The molecular formula is C27H34ClNO3. The van der Waals surface area contributed by atoms with Crippen molar-refractivity contribution in [3.8, 4) is 11.5 Å². The minimum absolute atomic E-state index is 0.105. The molecule has 5 heteroatoms. The third kappa shape index (κ3) is 7.61. The highest BCUT2D eigenvalue weighted by atomic mass is 35.5. The number of amides is 1. The summed E-state index contributed by atoms with van der Waals surface area (Å²) in [5.74, 6) is 0.140. The number of para-hydroxylation sites is 2. The van der Waals surface area contributed by atoms with Crippen molar-refractivity contribution in [3.63, 3.8) is 0 Å². The SMILES string of the molecule is CC.CC.CC(Oc1ccccc1NC(=O)c1cc(Cl)ccc1O)C(C)c1ccccc1. The van der Waals surface area contributed by atoms with E-state index in [1.165, 1.54) is 23.8 Å². The standard InChI is InChI=1S/C23H22ClNO3.2C2H6/c1-15(17-8-4-3-5-9-17)16(2)28-22-11-7-6-10-20(22)25-23(27)19-14-18(24)12-13-21(19)26;2*1-2/h3-16,26H,1-2H3,(H,25,27);2*1-2H3. The number of aromatic hydroxyl groups is 1. The lowest BCUT2D eigenvalue weighted by Gasteiger charge is -2.23. The maximum absolute atomic E-state index is 12.6. The van der Waals surface area contributed by atoms with Crippen molar-refractivity contribution >= 4 is 23.2 Å². The van der Waals surface area contributed by atoms with E-state index in [-0.39, 0.29) is 23.3 Å². The molecule has 2 atom stereocenters. The van der Waals surface area contributed by atoms with Crippen LogP contribution in [-0.2, 0) is 0 Å². The summed E-state index contributed by atoms with van der Waals surface area (Å²) in [6, 6.07) is 21.7. The highest BCUT2D eigenvalue weighted by Crippen LogP contribution is 2.30. The normalized spacial score (nSPS) is 11.6. The molecule has 0 spiro atoms. The zero-order valence-corrected chi connectivity index (χ0v) is 20.5. The molecule has 0 saturated heterocycles. The van der Waals surface area contributed by atoms with Crippen LogP contribution in [0.2, 0.25) is 5.02 Å². The summed E-state index contributed by atoms with van der Waals surface area (Å²) in [6.45, 7) is 12.1. The van der Waals surface area contributed by atoms with E-state index >= 15 is 0 Å². The number of anilines is 1. The average Bonchev–Trinajstić information content (AvgIpc) is 2.84. The largest absolute Gasteiger partial charge is 0.507 e. The molecule has 0 aromatic heterocycles. The first kappa shape index (κ1) is 27.1. The minimum atomic E-state index is -0.459. The molecule has 172 valence electrons. The summed E-state index contributed by atoms with van der Waals surface area (Å²) < 4.78 is 6.15. The van der Waals surface area contributed by atoms with E-state index < -0.39 is 5.91 Å². The van der Waals surface area contributed by atoms with Crippen LogP contribution in [0.5, 0.6) is 11.5 Å². The lowest BCUT2D eigenvalue weighted by molar-refractivity contribution is 0.102. The van der Waals surface area contributed by atoms with Crippen LogP contribution in [0.3, 0.4) is 0 Å². The van der Waals surface area contributed by atoms with Gasteiger partial charge in [-0.15, -0.1) is 0 Å². The predicted octanol–water partition coefficient (Wildman–Crippen LogP) is 7.92. The van der Waals surface area contributed by atoms with Gasteiger partial charge in [-0.05, 0) is 42.8 Å². The summed E-state index contributed by atoms with van der Waals surface area (Å²) in [4.78, 5) is 12.6. The van der Waals surface area contributed by atoms with Crippen LogP contribution < -0.4 is 10.1 Å². The zero-order valence-electron chi connectivity index (χ0n) is 19.7. The maximum atomic E-state index is 12.6. The number of phenols is 1. The number of rotatable bonds is 6.